The van der Waals surface area contributed by atoms with Crippen LogP contribution >= 0.6 is 11.6 Å². The van der Waals surface area contributed by atoms with Crippen molar-refractivity contribution in [1.29, 1.82) is 0 Å². The molecule has 0 saturated heterocycles. The second kappa shape index (κ2) is 4.77. The van der Waals surface area contributed by atoms with Crippen LogP contribution in [0.1, 0.15) is 13.8 Å². The highest BCUT2D eigenvalue weighted by Crippen LogP contribution is 1.86. The lowest BCUT2D eigenvalue weighted by Gasteiger charge is -2.07. The number of rotatable bonds is 4. The lowest BCUT2D eigenvalue weighted by molar-refractivity contribution is -0.118. The Labute approximate surface area is 60.6 Å². The van der Waals surface area contributed by atoms with Crippen LogP contribution in [0, 0.1) is 0 Å². The Kier molecular flexibility index (Phi) is 4.72. The normalized spacial score (nSPS) is 13.2. The van der Waals surface area contributed by atoms with E-state index in [2.05, 4.69) is 5.32 Å². The fourth-order valence-electron chi connectivity index (χ4n) is 0.536. The minimum absolute atomic E-state index is 0.0542. The van der Waals surface area contributed by atoms with E-state index in [1.54, 1.807) is 0 Å². The van der Waals surface area contributed by atoms with Crippen LogP contribution < -0.4 is 5.32 Å². The van der Waals surface area contributed by atoms with E-state index in [9.17, 15) is 4.79 Å². The van der Waals surface area contributed by atoms with Crippen LogP contribution in [-0.2, 0) is 4.79 Å². The Hall–Kier alpha value is -0.0800. The molecule has 0 aliphatic carbocycles. The predicted octanol–water partition coefficient (Wildman–Crippen LogP) is 0.792. The number of Topliss-reactive ketones (excluding diaryl/α,β-unsaturated/α-hetero) is 1. The van der Waals surface area contributed by atoms with E-state index in [1.807, 2.05) is 13.8 Å². The summed E-state index contributed by atoms with van der Waals surface area (Å²) in [5, 5.41) is 2.96. The Bertz CT molecular complexity index is 95.1. The molecule has 0 saturated carbocycles. The molecule has 0 heterocycles. The zero-order valence-corrected chi connectivity index (χ0v) is 6.53. The minimum atomic E-state index is -0.0903. The maximum Gasteiger partial charge on any atom is 0.164 e. The minimum Gasteiger partial charge on any atom is -0.308 e. The van der Waals surface area contributed by atoms with Gasteiger partial charge in [-0.15, -0.1) is 11.6 Å². The first-order valence-corrected chi connectivity index (χ1v) is 3.57. The molecular formula is C6H12ClNO. The van der Waals surface area contributed by atoms with E-state index in [0.717, 1.165) is 6.54 Å². The van der Waals surface area contributed by atoms with Gasteiger partial charge in [-0.1, -0.05) is 6.92 Å². The molecule has 0 aromatic heterocycles. The van der Waals surface area contributed by atoms with E-state index in [-0.39, 0.29) is 17.7 Å². The van der Waals surface area contributed by atoms with Crippen molar-refractivity contribution in [3.8, 4) is 0 Å². The van der Waals surface area contributed by atoms with Gasteiger partial charge in [0.2, 0.25) is 0 Å². The third-order valence-corrected chi connectivity index (χ3v) is 1.39. The molecule has 0 aliphatic heterocycles. The zero-order valence-electron chi connectivity index (χ0n) is 5.78. The van der Waals surface area contributed by atoms with Crippen molar-refractivity contribution in [2.75, 3.05) is 12.4 Å². The molecule has 1 N–H and O–H groups in total. The van der Waals surface area contributed by atoms with E-state index in [4.69, 9.17) is 11.6 Å². The van der Waals surface area contributed by atoms with Crippen molar-refractivity contribution in [3.63, 3.8) is 0 Å². The first-order valence-electron chi connectivity index (χ1n) is 3.04. The average Bonchev–Trinajstić information content (AvgIpc) is 1.87. The molecule has 1 unspecified atom stereocenters. The third-order valence-electron chi connectivity index (χ3n) is 1.12. The summed E-state index contributed by atoms with van der Waals surface area (Å²) in [4.78, 5) is 10.7. The molecule has 0 spiro atoms. The van der Waals surface area contributed by atoms with Gasteiger partial charge in [-0.2, -0.15) is 0 Å². The summed E-state index contributed by atoms with van der Waals surface area (Å²) in [6.45, 7) is 4.58. The van der Waals surface area contributed by atoms with Gasteiger partial charge in [0.1, 0.15) is 0 Å². The maximum absolute atomic E-state index is 10.7. The lowest BCUT2D eigenvalue weighted by Crippen LogP contribution is -2.34. The highest BCUT2D eigenvalue weighted by molar-refractivity contribution is 6.28. The van der Waals surface area contributed by atoms with Gasteiger partial charge in [-0.25, -0.2) is 0 Å². The number of carbonyl (C=O) groups is 1. The number of halogens is 1. The maximum atomic E-state index is 10.7. The molecule has 0 rings (SSSR count). The molecule has 0 radical (unpaired) electrons. The summed E-state index contributed by atoms with van der Waals surface area (Å²) in [5.41, 5.74) is 0. The second-order valence-electron chi connectivity index (χ2n) is 1.88. The highest BCUT2D eigenvalue weighted by Gasteiger charge is 2.07. The molecule has 54 valence electrons. The van der Waals surface area contributed by atoms with Gasteiger partial charge >= 0.3 is 0 Å². The quantitative estimate of drug-likeness (QED) is 0.599. The van der Waals surface area contributed by atoms with Crippen molar-refractivity contribution in [3.05, 3.63) is 0 Å². The van der Waals surface area contributed by atoms with Crippen molar-refractivity contribution < 1.29 is 4.79 Å². The first kappa shape index (κ1) is 8.92. The van der Waals surface area contributed by atoms with Crippen LogP contribution in [0.4, 0.5) is 0 Å². The van der Waals surface area contributed by atoms with E-state index >= 15 is 0 Å². The van der Waals surface area contributed by atoms with Crippen LogP contribution in [0.2, 0.25) is 0 Å². The predicted molar refractivity (Wildman–Crippen MR) is 38.9 cm³/mol. The molecule has 0 bridgehead atoms. The number of hydrogen-bond acceptors (Lipinski definition) is 2. The topological polar surface area (TPSA) is 29.1 Å². The summed E-state index contributed by atoms with van der Waals surface area (Å²) in [6.07, 6.45) is 0. The Morgan fingerprint density at radius 1 is 1.78 bits per heavy atom. The van der Waals surface area contributed by atoms with Gasteiger partial charge in [-0.3, -0.25) is 4.79 Å². The van der Waals surface area contributed by atoms with E-state index in [0.29, 0.717) is 0 Å². The summed E-state index contributed by atoms with van der Waals surface area (Å²) in [6, 6.07) is -0.0903. The summed E-state index contributed by atoms with van der Waals surface area (Å²) in [7, 11) is 0. The van der Waals surface area contributed by atoms with Crippen LogP contribution in [-0.4, -0.2) is 24.2 Å². The average molecular weight is 150 g/mol. The monoisotopic (exact) mass is 149 g/mol. The molecule has 0 aromatic carbocycles. The molecule has 0 fully saturated rings. The Balaban J connectivity index is 3.45. The highest BCUT2D eigenvalue weighted by atomic mass is 35.5. The molecule has 0 aliphatic rings. The van der Waals surface area contributed by atoms with E-state index in [1.165, 1.54) is 0 Å². The van der Waals surface area contributed by atoms with Gasteiger partial charge in [0, 0.05) is 0 Å². The zero-order chi connectivity index (χ0) is 7.28. The fraction of sp³-hybridized carbons (Fsp3) is 0.833. The van der Waals surface area contributed by atoms with Crippen LogP contribution in [0.25, 0.3) is 0 Å². The Morgan fingerprint density at radius 2 is 2.33 bits per heavy atom. The van der Waals surface area contributed by atoms with Crippen molar-refractivity contribution >= 4 is 17.4 Å². The number of alkyl halides is 1. The second-order valence-corrected chi connectivity index (χ2v) is 2.15. The molecular weight excluding hydrogens is 138 g/mol. The van der Waals surface area contributed by atoms with Crippen LogP contribution in [0.5, 0.6) is 0 Å². The van der Waals surface area contributed by atoms with Crippen molar-refractivity contribution in [1.82, 2.24) is 5.32 Å². The molecule has 2 nitrogen and oxygen atoms in total. The summed E-state index contributed by atoms with van der Waals surface area (Å²) < 4.78 is 0. The van der Waals surface area contributed by atoms with Crippen LogP contribution in [0.3, 0.4) is 0 Å². The standard InChI is InChI=1S/C6H12ClNO/c1-3-8-5(2)6(9)4-7/h5,8H,3-4H2,1-2H3. The molecule has 0 amide bonds. The van der Waals surface area contributed by atoms with Gasteiger partial charge in [0.15, 0.2) is 5.78 Å². The number of ketones is 1. The van der Waals surface area contributed by atoms with Crippen molar-refractivity contribution in [2.45, 2.75) is 19.9 Å². The van der Waals surface area contributed by atoms with Crippen molar-refractivity contribution in [2.24, 2.45) is 0 Å². The SMILES string of the molecule is CCNC(C)C(=O)CCl. The number of hydrogen-bond donors (Lipinski definition) is 1. The Morgan fingerprint density at radius 3 is 2.67 bits per heavy atom. The van der Waals surface area contributed by atoms with Gasteiger partial charge in [0.05, 0.1) is 11.9 Å². The largest absolute Gasteiger partial charge is 0.308 e. The smallest absolute Gasteiger partial charge is 0.164 e. The summed E-state index contributed by atoms with van der Waals surface area (Å²) >= 11 is 5.29. The molecule has 1 atom stereocenters. The number of carbonyl (C=O) groups excluding carboxylic acids is 1. The van der Waals surface area contributed by atoms with Gasteiger partial charge in [0.25, 0.3) is 0 Å². The van der Waals surface area contributed by atoms with E-state index < -0.39 is 0 Å². The van der Waals surface area contributed by atoms with Gasteiger partial charge in [-0.05, 0) is 13.5 Å². The lowest BCUT2D eigenvalue weighted by atomic mass is 10.2. The number of likely N-dealkylation sites (N-methyl/N-ethyl adjacent to an activating group) is 1. The molecule has 9 heavy (non-hydrogen) atoms. The fourth-order valence-corrected chi connectivity index (χ4v) is 0.767. The van der Waals surface area contributed by atoms with Crippen LogP contribution in [0.15, 0.2) is 0 Å². The third kappa shape index (κ3) is 3.49. The number of nitrogens with one attached hydrogen (secondary N) is 1. The molecule has 3 heteroatoms. The first-order chi connectivity index (χ1) is 4.22. The van der Waals surface area contributed by atoms with Gasteiger partial charge < -0.3 is 5.32 Å². The molecule has 0 aromatic rings. The summed E-state index contributed by atoms with van der Waals surface area (Å²) in [5.74, 6) is 0.160.